The molecule has 1 fully saturated rings. The molecule has 1 atom stereocenters. The van der Waals surface area contributed by atoms with Crippen LogP contribution < -0.4 is 10.6 Å². The molecule has 0 bridgehead atoms. The number of likely N-dealkylation sites (tertiary alicyclic amines) is 1. The van der Waals surface area contributed by atoms with Crippen LogP contribution in [-0.2, 0) is 0 Å². The molecule has 6 rings (SSSR count). The number of nitriles is 1. The number of rotatable bonds is 7. The van der Waals surface area contributed by atoms with Gasteiger partial charge in [0.25, 0.3) is 0 Å². The van der Waals surface area contributed by atoms with Crippen LogP contribution in [0, 0.1) is 23.1 Å². The maximum absolute atomic E-state index is 14.0. The number of hydrogen-bond acceptors (Lipinski definition) is 8. The summed E-state index contributed by atoms with van der Waals surface area (Å²) in [7, 11) is 0. The Balaban J connectivity index is 1.36. The molecule has 0 saturated carbocycles. The molecule has 0 spiro atoms. The summed E-state index contributed by atoms with van der Waals surface area (Å²) < 4.78 is 29.4. The Morgan fingerprint density at radius 3 is 2.41 bits per heavy atom. The quantitative estimate of drug-likeness (QED) is 0.169. The number of halogens is 4. The fourth-order valence-electron chi connectivity index (χ4n) is 5.75. The van der Waals surface area contributed by atoms with Crippen molar-refractivity contribution < 1.29 is 8.78 Å². The van der Waals surface area contributed by atoms with E-state index in [4.69, 9.17) is 23.2 Å². The normalized spacial score (nSPS) is 15.1. The summed E-state index contributed by atoms with van der Waals surface area (Å²) in [6.07, 6.45) is 6.43. The predicted molar refractivity (Wildman–Crippen MR) is 175 cm³/mol. The van der Waals surface area contributed by atoms with Crippen molar-refractivity contribution in [3.63, 3.8) is 0 Å². The molecule has 2 aromatic carbocycles. The molecule has 1 unspecified atom stereocenters. The third-order valence-electron chi connectivity index (χ3n) is 8.24. The van der Waals surface area contributed by atoms with Gasteiger partial charge in [0.2, 0.25) is 5.95 Å². The van der Waals surface area contributed by atoms with Crippen LogP contribution in [0.15, 0.2) is 61.1 Å². The van der Waals surface area contributed by atoms with Crippen molar-refractivity contribution in [2.75, 3.05) is 23.7 Å². The number of anilines is 3. The summed E-state index contributed by atoms with van der Waals surface area (Å²) in [4.78, 5) is 10.3. The number of fused-ring (bicyclic) bond motifs is 1. The van der Waals surface area contributed by atoms with Gasteiger partial charge in [0, 0.05) is 47.0 Å². The first-order valence-corrected chi connectivity index (χ1v) is 15.5. The summed E-state index contributed by atoms with van der Waals surface area (Å²) in [5.74, 6) is -2.35. The molecule has 2 N–H and O–H groups in total. The lowest BCUT2D eigenvalue weighted by Crippen LogP contribution is -2.46. The van der Waals surface area contributed by atoms with Gasteiger partial charge in [0.1, 0.15) is 11.8 Å². The van der Waals surface area contributed by atoms with E-state index in [-0.39, 0.29) is 22.8 Å². The zero-order valence-corrected chi connectivity index (χ0v) is 26.9. The van der Waals surface area contributed by atoms with Crippen LogP contribution in [0.25, 0.3) is 10.9 Å². The second-order valence-electron chi connectivity index (χ2n) is 12.3. The van der Waals surface area contributed by atoms with Gasteiger partial charge in [-0.25, -0.2) is 14.1 Å². The Kier molecular flexibility index (Phi) is 8.79. The second-order valence-corrected chi connectivity index (χ2v) is 13.1. The Bertz CT molecular complexity index is 1930. The van der Waals surface area contributed by atoms with Gasteiger partial charge in [0.05, 0.1) is 52.0 Å². The molecule has 3 aromatic heterocycles. The fraction of sp³-hybridized carbons (Fsp3) is 0.303. The van der Waals surface area contributed by atoms with E-state index in [0.717, 1.165) is 43.8 Å². The Morgan fingerprint density at radius 1 is 1.00 bits per heavy atom. The lowest BCUT2D eigenvalue weighted by atomic mass is 9.98. The highest BCUT2D eigenvalue weighted by Crippen LogP contribution is 2.37. The lowest BCUT2D eigenvalue weighted by Gasteiger charge is -2.40. The van der Waals surface area contributed by atoms with Gasteiger partial charge in [-0.1, -0.05) is 40.5 Å². The smallest absolute Gasteiger partial charge is 0.249 e. The molecule has 9 nitrogen and oxygen atoms in total. The average molecular weight is 663 g/mol. The molecule has 1 saturated heterocycles. The first kappa shape index (κ1) is 31.6. The topological polar surface area (TPSA) is 108 Å². The first-order chi connectivity index (χ1) is 22.0. The molecule has 0 aliphatic carbocycles. The largest absolute Gasteiger partial charge is 0.373 e. The number of nitrogens with one attached hydrogen (secondary N) is 2. The molecule has 4 heterocycles. The van der Waals surface area contributed by atoms with E-state index in [1.54, 1.807) is 12.1 Å². The zero-order valence-electron chi connectivity index (χ0n) is 25.4. The molecular formula is C33H31Cl2F2N9. The Hall–Kier alpha value is -4.37. The van der Waals surface area contributed by atoms with E-state index < -0.39 is 17.8 Å². The van der Waals surface area contributed by atoms with E-state index in [0.29, 0.717) is 38.0 Å². The summed E-state index contributed by atoms with van der Waals surface area (Å²) in [5.41, 5.74) is 3.39. The van der Waals surface area contributed by atoms with Crippen molar-refractivity contribution in [3.8, 4) is 6.07 Å². The average Bonchev–Trinajstić information content (AvgIpc) is 3.52. The fourth-order valence-corrected chi connectivity index (χ4v) is 6.14. The van der Waals surface area contributed by atoms with Crippen molar-refractivity contribution >= 4 is 51.2 Å². The number of benzene rings is 2. The number of piperidine rings is 1. The minimum absolute atomic E-state index is 0.119. The number of aromatic nitrogens is 5. The highest BCUT2D eigenvalue weighted by Gasteiger charge is 2.29. The third-order valence-corrected chi connectivity index (χ3v) is 8.78. The van der Waals surface area contributed by atoms with Crippen LogP contribution in [0.3, 0.4) is 0 Å². The predicted octanol–water partition coefficient (Wildman–Crippen LogP) is 8.06. The summed E-state index contributed by atoms with van der Waals surface area (Å²) in [6, 6.07) is 13.9. The van der Waals surface area contributed by atoms with Gasteiger partial charge in [-0.2, -0.15) is 9.65 Å². The van der Waals surface area contributed by atoms with Crippen LogP contribution in [0.1, 0.15) is 62.5 Å². The number of pyridine rings is 2. The standard InChI is InChI=1S/C33H31Cl2F2N9/c1-33(2,3)45-10-8-24(9-11-45)46-18-28(43-44-46)30(19-4-6-21(34)7-5-19)41-22-12-25-29(42-23-14-27(36)32(37)40-17-23)20(15-38)16-39-31(25)26(35)13-22/h4-7,12-14,16-18,24,30,41H,8-11H2,1-3H3,(H,39,42). The Morgan fingerprint density at radius 2 is 1.74 bits per heavy atom. The van der Waals surface area contributed by atoms with Crippen molar-refractivity contribution in [1.29, 1.82) is 5.26 Å². The minimum Gasteiger partial charge on any atom is -0.373 e. The van der Waals surface area contributed by atoms with Crippen LogP contribution in [0.5, 0.6) is 0 Å². The van der Waals surface area contributed by atoms with E-state index in [9.17, 15) is 14.0 Å². The lowest BCUT2D eigenvalue weighted by molar-refractivity contribution is 0.0866. The van der Waals surface area contributed by atoms with Crippen LogP contribution in [0.2, 0.25) is 10.0 Å². The minimum atomic E-state index is -1.22. The van der Waals surface area contributed by atoms with Gasteiger partial charge < -0.3 is 10.6 Å². The molecule has 236 valence electrons. The highest BCUT2D eigenvalue weighted by molar-refractivity contribution is 6.36. The first-order valence-electron chi connectivity index (χ1n) is 14.8. The molecule has 46 heavy (non-hydrogen) atoms. The summed E-state index contributed by atoms with van der Waals surface area (Å²) in [6.45, 7) is 8.66. The van der Waals surface area contributed by atoms with Gasteiger partial charge in [-0.3, -0.25) is 9.88 Å². The van der Waals surface area contributed by atoms with E-state index in [1.165, 1.54) is 6.20 Å². The molecule has 0 amide bonds. The number of hydrogen-bond donors (Lipinski definition) is 2. The molecule has 0 radical (unpaired) electrons. The number of nitrogens with zero attached hydrogens (tertiary/aromatic N) is 7. The monoisotopic (exact) mass is 661 g/mol. The van der Waals surface area contributed by atoms with Crippen molar-refractivity contribution in [3.05, 3.63) is 99.7 Å². The van der Waals surface area contributed by atoms with Gasteiger partial charge >= 0.3 is 0 Å². The summed E-state index contributed by atoms with van der Waals surface area (Å²) in [5, 5.41) is 26.9. The van der Waals surface area contributed by atoms with Gasteiger partial charge in [0.15, 0.2) is 5.82 Å². The van der Waals surface area contributed by atoms with E-state index >= 15 is 0 Å². The maximum atomic E-state index is 14.0. The molecule has 1 aliphatic rings. The zero-order chi connectivity index (χ0) is 32.6. The third kappa shape index (κ3) is 6.60. The molecule has 13 heteroatoms. The molecule has 5 aromatic rings. The van der Waals surface area contributed by atoms with E-state index in [1.807, 2.05) is 35.1 Å². The van der Waals surface area contributed by atoms with Crippen LogP contribution in [-0.4, -0.2) is 48.5 Å². The van der Waals surface area contributed by atoms with Crippen molar-refractivity contribution in [2.45, 2.75) is 51.2 Å². The molecular weight excluding hydrogens is 631 g/mol. The van der Waals surface area contributed by atoms with Crippen molar-refractivity contribution in [1.82, 2.24) is 29.9 Å². The maximum Gasteiger partial charge on any atom is 0.249 e. The molecule has 1 aliphatic heterocycles. The van der Waals surface area contributed by atoms with Crippen LogP contribution >= 0.6 is 23.2 Å². The summed E-state index contributed by atoms with van der Waals surface area (Å²) >= 11 is 13.0. The highest BCUT2D eigenvalue weighted by atomic mass is 35.5. The van der Waals surface area contributed by atoms with Crippen molar-refractivity contribution in [2.24, 2.45) is 0 Å². The van der Waals surface area contributed by atoms with E-state index in [2.05, 4.69) is 62.7 Å². The van der Waals surface area contributed by atoms with Gasteiger partial charge in [-0.15, -0.1) is 5.10 Å². The second kappa shape index (κ2) is 12.8. The SMILES string of the molecule is CC(C)(C)N1CCC(n2cc(C(Nc3cc(Cl)c4ncc(C#N)c(Nc5cnc(F)c(F)c5)c4c3)c3ccc(Cl)cc3)nn2)CC1. The van der Waals surface area contributed by atoms with Crippen LogP contribution in [0.4, 0.5) is 25.8 Å². The Labute approximate surface area is 275 Å². The van der Waals surface area contributed by atoms with Gasteiger partial charge in [-0.05, 0) is 63.4 Å².